The molecule has 0 radical (unpaired) electrons. The van der Waals surface area contributed by atoms with Gasteiger partial charge in [0, 0.05) is 12.6 Å². The maximum atomic E-state index is 5.45. The molecule has 0 amide bonds. The topological polar surface area (TPSA) is 12.5 Å². The van der Waals surface area contributed by atoms with Gasteiger partial charge in [0.2, 0.25) is 0 Å². The fourth-order valence-corrected chi connectivity index (χ4v) is 2.27. The molecule has 0 N–H and O–H groups in total. The van der Waals surface area contributed by atoms with Gasteiger partial charge in [0.1, 0.15) is 5.75 Å². The lowest BCUT2D eigenvalue weighted by Gasteiger charge is -2.10. The predicted octanol–water partition coefficient (Wildman–Crippen LogP) is 2.80. The average Bonchev–Trinajstić information content (AvgIpc) is 2.49. The molecule has 0 unspecified atom stereocenters. The number of hydrogen-bond donors (Lipinski definition) is 0. The van der Waals surface area contributed by atoms with Crippen LogP contribution in [0.25, 0.3) is 0 Å². The van der Waals surface area contributed by atoms with Crippen LogP contribution in [0.1, 0.15) is 12.5 Å². The second-order valence-electron chi connectivity index (χ2n) is 3.06. The molecule has 2 nitrogen and oxygen atoms in total. The number of nitrogens with zero attached hydrogens (tertiary/aromatic N) is 1. The Balaban J connectivity index is 2.31. The van der Waals surface area contributed by atoms with E-state index in [0.717, 1.165) is 25.3 Å². The first-order valence-corrected chi connectivity index (χ1v) is 5.47. The first-order chi connectivity index (χ1) is 6.31. The van der Waals surface area contributed by atoms with Gasteiger partial charge < -0.3 is 7.85 Å². The van der Waals surface area contributed by atoms with Crippen LogP contribution in [0.4, 0.5) is 5.69 Å². The maximum absolute atomic E-state index is 5.45. The SMILES string of the molecule is CCOc1ccc2c(c1)N(I)CC2. The third kappa shape index (κ3) is 1.75. The van der Waals surface area contributed by atoms with Gasteiger partial charge >= 0.3 is 0 Å². The molecule has 1 heterocycles. The summed E-state index contributed by atoms with van der Waals surface area (Å²) in [6, 6.07) is 6.34. The molecule has 3 heteroatoms. The Bertz CT molecular complexity index is 314. The van der Waals surface area contributed by atoms with Crippen molar-refractivity contribution in [3.05, 3.63) is 23.8 Å². The summed E-state index contributed by atoms with van der Waals surface area (Å²) in [6.07, 6.45) is 1.16. The number of rotatable bonds is 2. The van der Waals surface area contributed by atoms with Gasteiger partial charge in [-0.05, 0) is 25.0 Å². The van der Waals surface area contributed by atoms with Crippen LogP contribution < -0.4 is 7.85 Å². The summed E-state index contributed by atoms with van der Waals surface area (Å²) >= 11 is 2.35. The van der Waals surface area contributed by atoms with E-state index >= 15 is 0 Å². The summed E-state index contributed by atoms with van der Waals surface area (Å²) in [6.45, 7) is 3.86. The summed E-state index contributed by atoms with van der Waals surface area (Å²) in [7, 11) is 0. The van der Waals surface area contributed by atoms with Gasteiger partial charge in [-0.1, -0.05) is 6.07 Å². The van der Waals surface area contributed by atoms with E-state index < -0.39 is 0 Å². The largest absolute Gasteiger partial charge is 0.494 e. The van der Waals surface area contributed by atoms with Crippen molar-refractivity contribution in [1.29, 1.82) is 0 Å². The third-order valence-corrected chi connectivity index (χ3v) is 3.21. The van der Waals surface area contributed by atoms with E-state index in [9.17, 15) is 0 Å². The molecule has 0 aliphatic carbocycles. The fraction of sp³-hybridized carbons (Fsp3) is 0.400. The monoisotopic (exact) mass is 289 g/mol. The second-order valence-corrected chi connectivity index (χ2v) is 4.22. The lowest BCUT2D eigenvalue weighted by atomic mass is 10.1. The average molecular weight is 289 g/mol. The number of fused-ring (bicyclic) bond motifs is 1. The lowest BCUT2D eigenvalue weighted by molar-refractivity contribution is 0.340. The van der Waals surface area contributed by atoms with E-state index in [-0.39, 0.29) is 0 Å². The minimum absolute atomic E-state index is 0.736. The van der Waals surface area contributed by atoms with Crippen LogP contribution >= 0.6 is 22.9 Å². The molecule has 0 saturated heterocycles. The molecule has 2 rings (SSSR count). The molecule has 1 aromatic carbocycles. The summed E-state index contributed by atoms with van der Waals surface area (Å²) in [5.41, 5.74) is 2.74. The number of halogens is 1. The maximum Gasteiger partial charge on any atom is 0.121 e. The smallest absolute Gasteiger partial charge is 0.121 e. The summed E-state index contributed by atoms with van der Waals surface area (Å²) in [4.78, 5) is 0. The number of hydrogen-bond acceptors (Lipinski definition) is 2. The van der Waals surface area contributed by atoms with Crippen molar-refractivity contribution in [3.8, 4) is 5.75 Å². The van der Waals surface area contributed by atoms with Crippen LogP contribution in [-0.2, 0) is 6.42 Å². The standard InChI is InChI=1S/C10H12INO/c1-2-13-9-4-3-8-5-6-12(11)10(8)7-9/h3-4,7H,2,5-6H2,1H3. The Morgan fingerprint density at radius 2 is 2.38 bits per heavy atom. The molecule has 1 aromatic rings. The van der Waals surface area contributed by atoms with Crippen LogP contribution in [0.5, 0.6) is 5.75 Å². The Hall–Kier alpha value is -0.450. The molecule has 1 aliphatic heterocycles. The van der Waals surface area contributed by atoms with Gasteiger partial charge in [0.05, 0.1) is 35.2 Å². The Morgan fingerprint density at radius 1 is 1.54 bits per heavy atom. The number of ether oxygens (including phenoxy) is 1. The molecule has 1 aliphatic rings. The van der Waals surface area contributed by atoms with Gasteiger partial charge in [0.25, 0.3) is 0 Å². The second kappa shape index (κ2) is 3.74. The van der Waals surface area contributed by atoms with Gasteiger partial charge in [0.15, 0.2) is 0 Å². The molecule has 0 saturated carbocycles. The van der Waals surface area contributed by atoms with E-state index in [1.54, 1.807) is 0 Å². The van der Waals surface area contributed by atoms with Crippen molar-refractivity contribution in [1.82, 2.24) is 0 Å². The number of benzene rings is 1. The highest BCUT2D eigenvalue weighted by Crippen LogP contribution is 2.33. The molecule has 0 aromatic heterocycles. The van der Waals surface area contributed by atoms with Crippen molar-refractivity contribution in [2.24, 2.45) is 0 Å². The van der Waals surface area contributed by atoms with Crippen molar-refractivity contribution >= 4 is 28.6 Å². The van der Waals surface area contributed by atoms with Gasteiger partial charge in [-0.25, -0.2) is 0 Å². The van der Waals surface area contributed by atoms with Crippen molar-refractivity contribution < 1.29 is 4.74 Å². The quantitative estimate of drug-likeness (QED) is 0.613. The highest BCUT2D eigenvalue weighted by Gasteiger charge is 2.16. The molecule has 0 fully saturated rings. The van der Waals surface area contributed by atoms with Crippen molar-refractivity contribution in [2.45, 2.75) is 13.3 Å². The van der Waals surface area contributed by atoms with Crippen LogP contribution in [0.2, 0.25) is 0 Å². The summed E-state index contributed by atoms with van der Waals surface area (Å²) in [5.74, 6) is 0.977. The molecule has 0 bridgehead atoms. The zero-order chi connectivity index (χ0) is 9.26. The first kappa shape index (κ1) is 9.12. The Morgan fingerprint density at radius 3 is 3.15 bits per heavy atom. The summed E-state index contributed by atoms with van der Waals surface area (Å²) in [5, 5.41) is 0. The molecule has 70 valence electrons. The highest BCUT2D eigenvalue weighted by atomic mass is 127. The van der Waals surface area contributed by atoms with E-state index in [1.165, 1.54) is 11.3 Å². The van der Waals surface area contributed by atoms with E-state index in [4.69, 9.17) is 4.74 Å². The zero-order valence-electron chi connectivity index (χ0n) is 7.59. The number of anilines is 1. The highest BCUT2D eigenvalue weighted by molar-refractivity contribution is 14.1. The van der Waals surface area contributed by atoms with Gasteiger partial charge in [-0.15, -0.1) is 0 Å². The Kier molecular flexibility index (Phi) is 2.62. The summed E-state index contributed by atoms with van der Waals surface area (Å²) < 4.78 is 7.70. The molecule has 0 spiro atoms. The third-order valence-electron chi connectivity index (χ3n) is 2.21. The zero-order valence-corrected chi connectivity index (χ0v) is 9.74. The minimum Gasteiger partial charge on any atom is -0.494 e. The fourth-order valence-electron chi connectivity index (χ4n) is 1.58. The van der Waals surface area contributed by atoms with Gasteiger partial charge in [-0.3, -0.25) is 0 Å². The Labute approximate surface area is 92.4 Å². The van der Waals surface area contributed by atoms with Crippen molar-refractivity contribution in [3.63, 3.8) is 0 Å². The van der Waals surface area contributed by atoms with Crippen LogP contribution in [0.3, 0.4) is 0 Å². The van der Waals surface area contributed by atoms with E-state index in [1.807, 2.05) is 6.92 Å². The molecule has 0 atom stereocenters. The normalized spacial score (nSPS) is 14.5. The van der Waals surface area contributed by atoms with Crippen LogP contribution in [0.15, 0.2) is 18.2 Å². The van der Waals surface area contributed by atoms with E-state index in [0.29, 0.717) is 0 Å². The van der Waals surface area contributed by atoms with Crippen molar-refractivity contribution in [2.75, 3.05) is 16.3 Å². The van der Waals surface area contributed by atoms with Crippen LogP contribution in [-0.4, -0.2) is 13.2 Å². The van der Waals surface area contributed by atoms with Gasteiger partial charge in [-0.2, -0.15) is 0 Å². The van der Waals surface area contributed by atoms with Crippen LogP contribution in [0, 0.1) is 0 Å². The molecule has 13 heavy (non-hydrogen) atoms. The molecular formula is C10H12INO. The lowest BCUT2D eigenvalue weighted by Crippen LogP contribution is -2.03. The van der Waals surface area contributed by atoms with E-state index in [2.05, 4.69) is 44.2 Å². The minimum atomic E-state index is 0.736. The molecular weight excluding hydrogens is 277 g/mol. The first-order valence-electron chi connectivity index (χ1n) is 4.50. The predicted molar refractivity (Wildman–Crippen MR) is 62.7 cm³/mol.